The zero-order valence-electron chi connectivity index (χ0n) is 13.8. The Morgan fingerprint density at radius 1 is 1.41 bits per heavy atom. The lowest BCUT2D eigenvalue weighted by Gasteiger charge is -2.17. The van der Waals surface area contributed by atoms with Crippen molar-refractivity contribution in [3.8, 4) is 5.88 Å². The second-order valence-electron chi connectivity index (χ2n) is 4.60. The summed E-state index contributed by atoms with van der Waals surface area (Å²) >= 11 is 0. The Balaban J connectivity index is 0.00000441. The van der Waals surface area contributed by atoms with Crippen molar-refractivity contribution in [2.24, 2.45) is 4.99 Å². The molecular formula is C15H27IN4O2. The minimum absolute atomic E-state index is 0. The highest BCUT2D eigenvalue weighted by Gasteiger charge is 2.06. The highest BCUT2D eigenvalue weighted by atomic mass is 127. The quantitative estimate of drug-likeness (QED) is 0.382. The molecule has 0 saturated heterocycles. The van der Waals surface area contributed by atoms with Crippen LogP contribution in [0.1, 0.15) is 26.3 Å². The number of nitrogens with one attached hydrogen (secondary N) is 2. The zero-order valence-corrected chi connectivity index (χ0v) is 16.1. The van der Waals surface area contributed by atoms with Gasteiger partial charge in [-0.05, 0) is 26.8 Å². The molecule has 0 aliphatic heterocycles. The molecule has 0 amide bonds. The van der Waals surface area contributed by atoms with Gasteiger partial charge in [-0.3, -0.25) is 0 Å². The lowest BCUT2D eigenvalue weighted by molar-refractivity contribution is 0.179. The van der Waals surface area contributed by atoms with Crippen molar-refractivity contribution < 1.29 is 9.47 Å². The summed E-state index contributed by atoms with van der Waals surface area (Å²) in [7, 11) is 1.69. The maximum Gasteiger partial charge on any atom is 0.218 e. The number of guanidine groups is 1. The van der Waals surface area contributed by atoms with Crippen molar-refractivity contribution in [3.05, 3.63) is 23.9 Å². The summed E-state index contributed by atoms with van der Waals surface area (Å²) in [6.07, 6.45) is 1.72. The third-order valence-electron chi connectivity index (χ3n) is 2.68. The largest absolute Gasteiger partial charge is 0.478 e. The van der Waals surface area contributed by atoms with Gasteiger partial charge in [-0.2, -0.15) is 0 Å². The van der Waals surface area contributed by atoms with Crippen molar-refractivity contribution in [1.82, 2.24) is 15.6 Å². The van der Waals surface area contributed by atoms with Crippen LogP contribution in [0.4, 0.5) is 0 Å². The number of nitrogens with zero attached hydrogens (tertiary/aromatic N) is 2. The first-order valence-electron chi connectivity index (χ1n) is 7.31. The standard InChI is InChI=1S/C15H26N4O2.HI/c1-5-16-15(19-12(3)11-20-4)18-10-13-8-7-9-17-14(13)21-6-2;/h7-9,12H,5-6,10-11H2,1-4H3,(H2,16,18,19);1H. The molecule has 0 fully saturated rings. The predicted molar refractivity (Wildman–Crippen MR) is 100 cm³/mol. The summed E-state index contributed by atoms with van der Waals surface area (Å²) in [6.45, 7) is 8.56. The Hall–Kier alpha value is -1.09. The maximum atomic E-state index is 5.51. The molecule has 7 heteroatoms. The van der Waals surface area contributed by atoms with Crippen LogP contribution in [0.2, 0.25) is 0 Å². The molecule has 1 rings (SSSR count). The van der Waals surface area contributed by atoms with Crippen LogP contribution in [0.5, 0.6) is 5.88 Å². The van der Waals surface area contributed by atoms with Gasteiger partial charge >= 0.3 is 0 Å². The van der Waals surface area contributed by atoms with Crippen molar-refractivity contribution >= 4 is 29.9 Å². The van der Waals surface area contributed by atoms with Crippen LogP contribution in [-0.4, -0.2) is 43.9 Å². The van der Waals surface area contributed by atoms with Gasteiger partial charge in [0.05, 0.1) is 19.8 Å². The lowest BCUT2D eigenvalue weighted by Crippen LogP contribution is -2.43. The Labute approximate surface area is 150 Å². The van der Waals surface area contributed by atoms with Gasteiger partial charge in [-0.1, -0.05) is 6.07 Å². The number of hydrogen-bond donors (Lipinski definition) is 2. The van der Waals surface area contributed by atoms with Crippen molar-refractivity contribution in [2.45, 2.75) is 33.4 Å². The average Bonchev–Trinajstić information content (AvgIpc) is 2.47. The molecule has 22 heavy (non-hydrogen) atoms. The van der Waals surface area contributed by atoms with E-state index in [-0.39, 0.29) is 30.0 Å². The van der Waals surface area contributed by atoms with Crippen LogP contribution < -0.4 is 15.4 Å². The van der Waals surface area contributed by atoms with E-state index in [2.05, 4.69) is 20.6 Å². The number of hydrogen-bond acceptors (Lipinski definition) is 4. The van der Waals surface area contributed by atoms with Gasteiger partial charge in [0.25, 0.3) is 0 Å². The monoisotopic (exact) mass is 422 g/mol. The molecule has 0 bridgehead atoms. The molecule has 0 aliphatic carbocycles. The van der Waals surface area contributed by atoms with Crippen LogP contribution in [0.25, 0.3) is 0 Å². The molecule has 0 radical (unpaired) electrons. The first-order chi connectivity index (χ1) is 10.2. The van der Waals surface area contributed by atoms with Crippen LogP contribution in [0.3, 0.4) is 0 Å². The summed E-state index contributed by atoms with van der Waals surface area (Å²) in [5.74, 6) is 1.40. The van der Waals surface area contributed by atoms with E-state index in [1.807, 2.05) is 32.9 Å². The number of halogens is 1. The van der Waals surface area contributed by atoms with E-state index < -0.39 is 0 Å². The van der Waals surface area contributed by atoms with E-state index in [1.165, 1.54) is 0 Å². The fourth-order valence-electron chi connectivity index (χ4n) is 1.82. The van der Waals surface area contributed by atoms with E-state index in [0.29, 0.717) is 25.6 Å². The topological polar surface area (TPSA) is 67.8 Å². The Morgan fingerprint density at radius 3 is 2.82 bits per heavy atom. The summed E-state index contributed by atoms with van der Waals surface area (Å²) in [4.78, 5) is 8.80. The predicted octanol–water partition coefficient (Wildman–Crippen LogP) is 2.19. The highest BCUT2D eigenvalue weighted by molar-refractivity contribution is 14.0. The van der Waals surface area contributed by atoms with E-state index >= 15 is 0 Å². The average molecular weight is 422 g/mol. The molecular weight excluding hydrogens is 395 g/mol. The summed E-state index contributed by atoms with van der Waals surface area (Å²) in [6, 6.07) is 4.05. The molecule has 0 spiro atoms. The van der Waals surface area contributed by atoms with Gasteiger partial charge in [0.15, 0.2) is 5.96 Å². The van der Waals surface area contributed by atoms with Gasteiger partial charge in [0.2, 0.25) is 5.88 Å². The Kier molecular flexibility index (Phi) is 11.8. The van der Waals surface area contributed by atoms with Gasteiger partial charge in [0, 0.05) is 31.5 Å². The number of aromatic nitrogens is 1. The first-order valence-corrected chi connectivity index (χ1v) is 7.31. The minimum Gasteiger partial charge on any atom is -0.478 e. The molecule has 0 aliphatic rings. The SMILES string of the molecule is CCNC(=NCc1cccnc1OCC)NC(C)COC.I. The molecule has 126 valence electrons. The Bertz CT molecular complexity index is 443. The first kappa shape index (κ1) is 20.9. The second-order valence-corrected chi connectivity index (χ2v) is 4.60. The summed E-state index contributed by atoms with van der Waals surface area (Å²) in [5, 5.41) is 6.51. The number of ether oxygens (including phenoxy) is 2. The van der Waals surface area contributed by atoms with Crippen molar-refractivity contribution in [3.63, 3.8) is 0 Å². The van der Waals surface area contributed by atoms with Gasteiger partial charge in [-0.25, -0.2) is 9.98 Å². The molecule has 1 atom stereocenters. The van der Waals surface area contributed by atoms with E-state index in [9.17, 15) is 0 Å². The third kappa shape index (κ3) is 7.79. The normalized spacial score (nSPS) is 12.3. The van der Waals surface area contributed by atoms with E-state index in [4.69, 9.17) is 9.47 Å². The van der Waals surface area contributed by atoms with E-state index in [0.717, 1.165) is 18.1 Å². The highest BCUT2D eigenvalue weighted by Crippen LogP contribution is 2.15. The van der Waals surface area contributed by atoms with Crippen LogP contribution in [0, 0.1) is 0 Å². The van der Waals surface area contributed by atoms with Crippen LogP contribution in [0.15, 0.2) is 23.3 Å². The van der Waals surface area contributed by atoms with E-state index in [1.54, 1.807) is 13.3 Å². The zero-order chi connectivity index (χ0) is 15.5. The fourth-order valence-corrected chi connectivity index (χ4v) is 1.82. The van der Waals surface area contributed by atoms with Crippen molar-refractivity contribution in [2.75, 3.05) is 26.9 Å². The van der Waals surface area contributed by atoms with Crippen LogP contribution in [-0.2, 0) is 11.3 Å². The number of pyridine rings is 1. The molecule has 6 nitrogen and oxygen atoms in total. The smallest absolute Gasteiger partial charge is 0.218 e. The molecule has 0 aromatic carbocycles. The lowest BCUT2D eigenvalue weighted by atomic mass is 10.3. The van der Waals surface area contributed by atoms with Crippen molar-refractivity contribution in [1.29, 1.82) is 0 Å². The summed E-state index contributed by atoms with van der Waals surface area (Å²) < 4.78 is 10.6. The number of methoxy groups -OCH3 is 1. The molecule has 1 unspecified atom stereocenters. The molecule has 1 aromatic heterocycles. The minimum atomic E-state index is 0. The molecule has 1 aromatic rings. The fraction of sp³-hybridized carbons (Fsp3) is 0.600. The third-order valence-corrected chi connectivity index (χ3v) is 2.68. The second kappa shape index (κ2) is 12.5. The molecule has 2 N–H and O–H groups in total. The summed E-state index contributed by atoms with van der Waals surface area (Å²) in [5.41, 5.74) is 0.968. The number of aliphatic imine (C=N–C) groups is 1. The maximum absolute atomic E-state index is 5.51. The van der Waals surface area contributed by atoms with Gasteiger partial charge in [0.1, 0.15) is 0 Å². The Morgan fingerprint density at radius 2 is 2.18 bits per heavy atom. The van der Waals surface area contributed by atoms with Gasteiger partial charge in [-0.15, -0.1) is 24.0 Å². The molecule has 1 heterocycles. The van der Waals surface area contributed by atoms with Gasteiger partial charge < -0.3 is 20.1 Å². The molecule has 0 saturated carbocycles. The van der Waals surface area contributed by atoms with Crippen LogP contribution >= 0.6 is 24.0 Å². The number of rotatable bonds is 8.